The third kappa shape index (κ3) is 4.40. The van der Waals surface area contributed by atoms with Crippen LogP contribution in [0.2, 0.25) is 0 Å². The predicted molar refractivity (Wildman–Crippen MR) is 120 cm³/mol. The van der Waals surface area contributed by atoms with Crippen LogP contribution in [0, 0.1) is 12.7 Å². The van der Waals surface area contributed by atoms with Crippen LogP contribution in [-0.4, -0.2) is 33.8 Å². The lowest BCUT2D eigenvalue weighted by molar-refractivity contribution is 0.305. The molecule has 2 aromatic carbocycles. The highest BCUT2D eigenvalue weighted by Gasteiger charge is 2.21. The van der Waals surface area contributed by atoms with Crippen molar-refractivity contribution in [3.8, 4) is 5.69 Å². The van der Waals surface area contributed by atoms with Gasteiger partial charge in [0.15, 0.2) is 11.0 Å². The van der Waals surface area contributed by atoms with E-state index in [1.54, 1.807) is 12.1 Å². The Bertz CT molecular complexity index is 1280. The standard InChI is InChI=1S/C23H23FN4O2S/c1-14-5-10-19-16(12-21(29)30-20(19)11-14)13-31-23-26-25-22(15(2)27(3)4)28(23)18-8-6-17(24)7-9-18/h5-12,15H,13H2,1-4H3. The topological polar surface area (TPSA) is 64.2 Å². The van der Waals surface area contributed by atoms with E-state index in [-0.39, 0.29) is 17.5 Å². The summed E-state index contributed by atoms with van der Waals surface area (Å²) in [7, 11) is 3.94. The predicted octanol–water partition coefficient (Wildman–Crippen LogP) is 4.74. The molecule has 2 aromatic heterocycles. The zero-order valence-electron chi connectivity index (χ0n) is 17.8. The van der Waals surface area contributed by atoms with E-state index in [9.17, 15) is 9.18 Å². The number of aryl methyl sites for hydroxylation is 1. The second-order valence-corrected chi connectivity index (χ2v) is 8.61. The van der Waals surface area contributed by atoms with Gasteiger partial charge in [-0.15, -0.1) is 10.2 Å². The number of thioether (sulfide) groups is 1. The van der Waals surface area contributed by atoms with E-state index in [1.165, 1.54) is 30.0 Å². The fourth-order valence-electron chi connectivity index (χ4n) is 3.31. The van der Waals surface area contributed by atoms with E-state index in [0.717, 1.165) is 28.0 Å². The highest BCUT2D eigenvalue weighted by molar-refractivity contribution is 7.98. The van der Waals surface area contributed by atoms with Gasteiger partial charge in [0.05, 0.1) is 6.04 Å². The van der Waals surface area contributed by atoms with Crippen molar-refractivity contribution in [3.63, 3.8) is 0 Å². The Morgan fingerprint density at radius 3 is 2.58 bits per heavy atom. The quantitative estimate of drug-likeness (QED) is 0.320. The van der Waals surface area contributed by atoms with Crippen LogP contribution in [0.15, 0.2) is 62.9 Å². The minimum absolute atomic E-state index is 0.000483. The van der Waals surface area contributed by atoms with Crippen LogP contribution in [0.25, 0.3) is 16.7 Å². The molecule has 160 valence electrons. The molecule has 8 heteroatoms. The first-order chi connectivity index (χ1) is 14.8. The molecule has 0 radical (unpaired) electrons. The fourth-order valence-corrected chi connectivity index (χ4v) is 4.26. The molecule has 6 nitrogen and oxygen atoms in total. The maximum atomic E-state index is 13.5. The van der Waals surface area contributed by atoms with Crippen molar-refractivity contribution in [1.82, 2.24) is 19.7 Å². The third-order valence-electron chi connectivity index (χ3n) is 5.23. The van der Waals surface area contributed by atoms with Crippen molar-refractivity contribution in [3.05, 3.63) is 81.7 Å². The zero-order valence-corrected chi connectivity index (χ0v) is 18.6. The van der Waals surface area contributed by atoms with E-state index in [2.05, 4.69) is 10.2 Å². The van der Waals surface area contributed by atoms with Gasteiger partial charge in [0.25, 0.3) is 0 Å². The molecule has 2 heterocycles. The second kappa shape index (κ2) is 8.64. The lowest BCUT2D eigenvalue weighted by atomic mass is 10.1. The van der Waals surface area contributed by atoms with Crippen LogP contribution in [0.4, 0.5) is 4.39 Å². The minimum atomic E-state index is -0.379. The third-order valence-corrected chi connectivity index (χ3v) is 6.21. The summed E-state index contributed by atoms with van der Waals surface area (Å²) in [5.41, 5.74) is 2.87. The first-order valence-electron chi connectivity index (χ1n) is 9.87. The van der Waals surface area contributed by atoms with Gasteiger partial charge >= 0.3 is 5.63 Å². The molecule has 0 amide bonds. The number of hydrogen-bond donors (Lipinski definition) is 0. The van der Waals surface area contributed by atoms with E-state index >= 15 is 0 Å². The van der Waals surface area contributed by atoms with E-state index in [4.69, 9.17) is 4.42 Å². The van der Waals surface area contributed by atoms with Gasteiger partial charge in [-0.05, 0) is 69.4 Å². The van der Waals surface area contributed by atoms with Crippen molar-refractivity contribution in [2.24, 2.45) is 0 Å². The molecular weight excluding hydrogens is 415 g/mol. The number of nitrogens with zero attached hydrogens (tertiary/aromatic N) is 4. The smallest absolute Gasteiger partial charge is 0.336 e. The van der Waals surface area contributed by atoms with E-state index < -0.39 is 0 Å². The minimum Gasteiger partial charge on any atom is -0.423 e. The summed E-state index contributed by atoms with van der Waals surface area (Å²) in [6.45, 7) is 4.00. The molecule has 0 bridgehead atoms. The highest BCUT2D eigenvalue weighted by atomic mass is 32.2. The Labute approximate surface area is 183 Å². The van der Waals surface area contributed by atoms with Gasteiger partial charge in [-0.1, -0.05) is 23.9 Å². The normalized spacial score (nSPS) is 12.6. The van der Waals surface area contributed by atoms with Gasteiger partial charge in [0, 0.05) is 22.9 Å². The Hall–Kier alpha value is -2.97. The lowest BCUT2D eigenvalue weighted by Gasteiger charge is -2.20. The number of aromatic nitrogens is 3. The Morgan fingerprint density at radius 1 is 1.13 bits per heavy atom. The molecule has 0 fully saturated rings. The van der Waals surface area contributed by atoms with Crippen LogP contribution in [-0.2, 0) is 5.75 Å². The molecular formula is C23H23FN4O2S. The van der Waals surface area contributed by atoms with Gasteiger partial charge in [0.2, 0.25) is 0 Å². The van der Waals surface area contributed by atoms with E-state index in [1.807, 2.05) is 55.6 Å². The molecule has 0 N–H and O–H groups in total. The van der Waals surface area contributed by atoms with Crippen molar-refractivity contribution < 1.29 is 8.81 Å². The number of fused-ring (bicyclic) bond motifs is 1. The first kappa shape index (κ1) is 21.3. The van der Waals surface area contributed by atoms with Crippen molar-refractivity contribution >= 4 is 22.7 Å². The lowest BCUT2D eigenvalue weighted by Crippen LogP contribution is -2.20. The van der Waals surface area contributed by atoms with Crippen LogP contribution < -0.4 is 5.63 Å². The average Bonchev–Trinajstić information content (AvgIpc) is 3.15. The summed E-state index contributed by atoms with van der Waals surface area (Å²) < 4.78 is 20.8. The van der Waals surface area contributed by atoms with Gasteiger partial charge in [-0.2, -0.15) is 0 Å². The number of hydrogen-bond acceptors (Lipinski definition) is 6. The van der Waals surface area contributed by atoms with Gasteiger partial charge < -0.3 is 4.42 Å². The van der Waals surface area contributed by atoms with Gasteiger partial charge in [-0.25, -0.2) is 9.18 Å². The Morgan fingerprint density at radius 2 is 1.87 bits per heavy atom. The summed E-state index contributed by atoms with van der Waals surface area (Å²) in [5.74, 6) is 0.971. The average molecular weight is 439 g/mol. The SMILES string of the molecule is Cc1ccc2c(CSc3nnc(C(C)N(C)C)n3-c3ccc(F)cc3)cc(=O)oc2c1. The van der Waals surface area contributed by atoms with Crippen molar-refractivity contribution in [2.45, 2.75) is 30.8 Å². The summed E-state index contributed by atoms with van der Waals surface area (Å²) in [6, 6.07) is 13.6. The molecule has 0 saturated carbocycles. The molecule has 0 aliphatic carbocycles. The Kier molecular flexibility index (Phi) is 5.93. The molecule has 0 aliphatic heterocycles. The summed E-state index contributed by atoms with van der Waals surface area (Å²) in [4.78, 5) is 14.1. The van der Waals surface area contributed by atoms with Crippen molar-refractivity contribution in [2.75, 3.05) is 14.1 Å². The van der Waals surface area contributed by atoms with E-state index in [0.29, 0.717) is 16.5 Å². The molecule has 1 unspecified atom stereocenters. The maximum absolute atomic E-state index is 13.5. The van der Waals surface area contributed by atoms with Crippen molar-refractivity contribution in [1.29, 1.82) is 0 Å². The molecule has 1 atom stereocenters. The molecule has 4 rings (SSSR count). The van der Waals surface area contributed by atoms with Crippen LogP contribution in [0.3, 0.4) is 0 Å². The highest BCUT2D eigenvalue weighted by Crippen LogP contribution is 2.30. The fraction of sp³-hybridized carbons (Fsp3) is 0.261. The first-order valence-corrected chi connectivity index (χ1v) is 10.9. The van der Waals surface area contributed by atoms with Gasteiger partial charge in [0.1, 0.15) is 11.4 Å². The second-order valence-electron chi connectivity index (χ2n) is 7.67. The summed E-state index contributed by atoms with van der Waals surface area (Å²) >= 11 is 1.47. The van der Waals surface area contributed by atoms with Crippen LogP contribution in [0.1, 0.15) is 29.9 Å². The molecule has 0 spiro atoms. The maximum Gasteiger partial charge on any atom is 0.336 e. The molecule has 0 aliphatic rings. The molecule has 4 aromatic rings. The molecule has 0 saturated heterocycles. The van der Waals surface area contributed by atoms with Crippen LogP contribution in [0.5, 0.6) is 0 Å². The van der Waals surface area contributed by atoms with Crippen LogP contribution >= 0.6 is 11.8 Å². The Balaban J connectivity index is 1.73. The largest absolute Gasteiger partial charge is 0.423 e. The molecule has 31 heavy (non-hydrogen) atoms. The summed E-state index contributed by atoms with van der Waals surface area (Å²) in [6.07, 6.45) is 0. The monoisotopic (exact) mass is 438 g/mol. The van der Waals surface area contributed by atoms with Gasteiger partial charge in [-0.3, -0.25) is 9.47 Å². The number of rotatable bonds is 6. The zero-order chi connectivity index (χ0) is 22.1. The summed E-state index contributed by atoms with van der Waals surface area (Å²) in [5, 5.41) is 10.4. The number of benzene rings is 2. The number of halogens is 1.